The van der Waals surface area contributed by atoms with Gasteiger partial charge in [0.2, 0.25) is 0 Å². The molecular weight excluding hydrogens is 300 g/mol. The highest BCUT2D eigenvalue weighted by Gasteiger charge is 2.20. The van der Waals surface area contributed by atoms with Crippen LogP contribution in [-0.4, -0.2) is 15.3 Å². The van der Waals surface area contributed by atoms with Gasteiger partial charge in [-0.3, -0.25) is 4.57 Å². The second kappa shape index (κ2) is 4.53. The van der Waals surface area contributed by atoms with Gasteiger partial charge < -0.3 is 4.98 Å². The molecular formula is C12H13BrN2OS. The Kier molecular flexibility index (Phi) is 3.04. The van der Waals surface area contributed by atoms with Gasteiger partial charge >= 0.3 is 5.69 Å². The highest BCUT2D eigenvalue weighted by Crippen LogP contribution is 2.35. The first-order valence-corrected chi connectivity index (χ1v) is 7.62. The van der Waals surface area contributed by atoms with E-state index in [0.717, 1.165) is 27.7 Å². The number of aromatic amines is 1. The maximum absolute atomic E-state index is 12.1. The fourth-order valence-electron chi connectivity index (χ4n) is 2.33. The molecule has 1 aromatic heterocycles. The van der Waals surface area contributed by atoms with E-state index in [4.69, 9.17) is 0 Å². The van der Waals surface area contributed by atoms with E-state index in [9.17, 15) is 4.79 Å². The Morgan fingerprint density at radius 2 is 2.29 bits per heavy atom. The number of fused-ring (bicyclic) bond motifs is 1. The molecule has 0 spiro atoms. The van der Waals surface area contributed by atoms with E-state index in [2.05, 4.69) is 20.9 Å². The van der Waals surface area contributed by atoms with Crippen LogP contribution in [0.4, 0.5) is 0 Å². The summed E-state index contributed by atoms with van der Waals surface area (Å²) in [6, 6.07) is 5.94. The average molecular weight is 313 g/mol. The van der Waals surface area contributed by atoms with Gasteiger partial charge in [0.15, 0.2) is 0 Å². The van der Waals surface area contributed by atoms with Gasteiger partial charge in [0.25, 0.3) is 0 Å². The van der Waals surface area contributed by atoms with Crippen LogP contribution >= 0.6 is 27.7 Å². The summed E-state index contributed by atoms with van der Waals surface area (Å²) in [4.78, 5) is 15.0. The molecule has 1 aromatic carbocycles. The van der Waals surface area contributed by atoms with Gasteiger partial charge in [-0.25, -0.2) is 4.79 Å². The highest BCUT2D eigenvalue weighted by atomic mass is 79.9. The van der Waals surface area contributed by atoms with Gasteiger partial charge in [0, 0.05) is 4.47 Å². The highest BCUT2D eigenvalue weighted by molar-refractivity contribution is 9.10. The quantitative estimate of drug-likeness (QED) is 0.875. The molecule has 90 valence electrons. The molecule has 0 saturated carbocycles. The maximum Gasteiger partial charge on any atom is 0.327 e. The van der Waals surface area contributed by atoms with Crippen LogP contribution < -0.4 is 5.69 Å². The smallest absolute Gasteiger partial charge is 0.305 e. The molecule has 1 N–H and O–H groups in total. The summed E-state index contributed by atoms with van der Waals surface area (Å²) >= 11 is 5.36. The van der Waals surface area contributed by atoms with E-state index < -0.39 is 0 Å². The number of halogens is 1. The zero-order valence-corrected chi connectivity index (χ0v) is 11.7. The van der Waals surface area contributed by atoms with Crippen LogP contribution in [-0.2, 0) is 0 Å². The van der Waals surface area contributed by atoms with Crippen LogP contribution in [0.2, 0.25) is 0 Å². The largest absolute Gasteiger partial charge is 0.327 e. The Balaban J connectivity index is 2.18. The SMILES string of the molecule is O=c1[nH]c2c(Br)cccc2n1C1CCCCS1. The van der Waals surface area contributed by atoms with E-state index in [0.29, 0.717) is 5.37 Å². The molecule has 0 bridgehead atoms. The van der Waals surface area contributed by atoms with Crippen LogP contribution in [0.5, 0.6) is 0 Å². The van der Waals surface area contributed by atoms with Gasteiger partial charge in [-0.05, 0) is 53.1 Å². The summed E-state index contributed by atoms with van der Waals surface area (Å²) in [5.74, 6) is 1.15. The molecule has 17 heavy (non-hydrogen) atoms. The first kappa shape index (κ1) is 11.4. The topological polar surface area (TPSA) is 37.8 Å². The first-order chi connectivity index (χ1) is 8.27. The Hall–Kier alpha value is -0.680. The van der Waals surface area contributed by atoms with E-state index >= 15 is 0 Å². The standard InChI is InChI=1S/C12H13BrN2OS/c13-8-4-3-5-9-11(8)14-12(16)15(9)10-6-1-2-7-17-10/h3-5,10H,1-2,6-7H2,(H,14,16). The number of nitrogens with zero attached hydrogens (tertiary/aromatic N) is 1. The van der Waals surface area contributed by atoms with E-state index in [1.54, 1.807) is 0 Å². The minimum absolute atomic E-state index is 0.00583. The fraction of sp³-hybridized carbons (Fsp3) is 0.417. The third-order valence-electron chi connectivity index (χ3n) is 3.15. The molecule has 0 radical (unpaired) electrons. The molecule has 3 nitrogen and oxygen atoms in total. The molecule has 1 saturated heterocycles. The van der Waals surface area contributed by atoms with Crippen LogP contribution in [0.3, 0.4) is 0 Å². The van der Waals surface area contributed by atoms with E-state index in [1.165, 1.54) is 12.8 Å². The fourth-order valence-corrected chi connectivity index (χ4v) is 4.12. The van der Waals surface area contributed by atoms with Crippen molar-refractivity contribution in [1.29, 1.82) is 0 Å². The van der Waals surface area contributed by atoms with E-state index in [1.807, 2.05) is 34.5 Å². The second-order valence-electron chi connectivity index (χ2n) is 4.26. The van der Waals surface area contributed by atoms with Crippen LogP contribution in [0.1, 0.15) is 24.6 Å². The lowest BCUT2D eigenvalue weighted by atomic mass is 10.2. The lowest BCUT2D eigenvalue weighted by Crippen LogP contribution is -2.22. The van der Waals surface area contributed by atoms with Crippen molar-refractivity contribution in [2.75, 3.05) is 5.75 Å². The molecule has 3 rings (SSSR count). The zero-order chi connectivity index (χ0) is 11.8. The number of imidazole rings is 1. The number of para-hydroxylation sites is 1. The molecule has 1 atom stereocenters. The Morgan fingerprint density at radius 1 is 1.41 bits per heavy atom. The van der Waals surface area contributed by atoms with Crippen molar-refractivity contribution in [1.82, 2.24) is 9.55 Å². The van der Waals surface area contributed by atoms with Gasteiger partial charge in [-0.15, -0.1) is 11.8 Å². The van der Waals surface area contributed by atoms with Crippen LogP contribution in [0, 0.1) is 0 Å². The number of hydrogen-bond acceptors (Lipinski definition) is 2. The van der Waals surface area contributed by atoms with Crippen molar-refractivity contribution in [3.63, 3.8) is 0 Å². The third-order valence-corrected chi connectivity index (χ3v) is 5.16. The summed E-state index contributed by atoms with van der Waals surface area (Å²) in [6.45, 7) is 0. The van der Waals surface area contributed by atoms with Crippen molar-refractivity contribution >= 4 is 38.7 Å². The average Bonchev–Trinajstić information content (AvgIpc) is 2.68. The molecule has 1 fully saturated rings. The van der Waals surface area contributed by atoms with Gasteiger partial charge in [0.1, 0.15) is 0 Å². The number of H-pyrrole nitrogens is 1. The summed E-state index contributed by atoms with van der Waals surface area (Å²) in [6.07, 6.45) is 3.57. The first-order valence-electron chi connectivity index (χ1n) is 5.78. The maximum atomic E-state index is 12.1. The molecule has 1 aliphatic heterocycles. The molecule has 2 aromatic rings. The number of aromatic nitrogens is 2. The van der Waals surface area contributed by atoms with Crippen molar-refractivity contribution < 1.29 is 0 Å². The minimum atomic E-state index is 0.00583. The van der Waals surface area contributed by atoms with E-state index in [-0.39, 0.29) is 5.69 Å². The lowest BCUT2D eigenvalue weighted by Gasteiger charge is -2.22. The van der Waals surface area contributed by atoms with Gasteiger partial charge in [-0.2, -0.15) is 0 Å². The number of thioether (sulfide) groups is 1. The Labute approximate surface area is 112 Å². The molecule has 5 heteroatoms. The summed E-state index contributed by atoms with van der Waals surface area (Å²) in [5.41, 5.74) is 1.92. The summed E-state index contributed by atoms with van der Waals surface area (Å²) in [5, 5.41) is 0.291. The van der Waals surface area contributed by atoms with Gasteiger partial charge in [-0.1, -0.05) is 6.07 Å². The number of hydrogen-bond donors (Lipinski definition) is 1. The molecule has 0 aliphatic carbocycles. The van der Waals surface area contributed by atoms with Crippen molar-refractivity contribution in [3.05, 3.63) is 33.2 Å². The third kappa shape index (κ3) is 1.95. The molecule has 1 unspecified atom stereocenters. The monoisotopic (exact) mass is 312 g/mol. The van der Waals surface area contributed by atoms with Crippen molar-refractivity contribution in [2.24, 2.45) is 0 Å². The Morgan fingerprint density at radius 3 is 3.06 bits per heavy atom. The predicted molar refractivity (Wildman–Crippen MR) is 75.6 cm³/mol. The number of benzene rings is 1. The molecule has 2 heterocycles. The zero-order valence-electron chi connectivity index (χ0n) is 9.28. The normalized spacial score (nSPS) is 20.9. The number of rotatable bonds is 1. The molecule has 0 amide bonds. The molecule has 1 aliphatic rings. The Bertz CT molecular complexity index is 598. The predicted octanol–water partition coefficient (Wildman–Crippen LogP) is 3.51. The lowest BCUT2D eigenvalue weighted by molar-refractivity contribution is 0.568. The number of nitrogens with one attached hydrogen (secondary N) is 1. The van der Waals surface area contributed by atoms with Crippen LogP contribution in [0.15, 0.2) is 27.5 Å². The minimum Gasteiger partial charge on any atom is -0.305 e. The van der Waals surface area contributed by atoms with Crippen molar-refractivity contribution in [3.8, 4) is 0 Å². The summed E-state index contributed by atoms with van der Waals surface area (Å²) in [7, 11) is 0. The van der Waals surface area contributed by atoms with Gasteiger partial charge in [0.05, 0.1) is 16.4 Å². The summed E-state index contributed by atoms with van der Waals surface area (Å²) < 4.78 is 2.86. The second-order valence-corrected chi connectivity index (χ2v) is 6.40. The van der Waals surface area contributed by atoms with Crippen molar-refractivity contribution in [2.45, 2.75) is 24.6 Å². The van der Waals surface area contributed by atoms with Crippen LogP contribution in [0.25, 0.3) is 11.0 Å².